The van der Waals surface area contributed by atoms with Gasteiger partial charge in [0.15, 0.2) is 12.2 Å². The summed E-state index contributed by atoms with van der Waals surface area (Å²) in [6, 6.07) is 6.72. The summed E-state index contributed by atoms with van der Waals surface area (Å²) < 4.78 is 26.9. The van der Waals surface area contributed by atoms with E-state index in [0.717, 1.165) is 5.69 Å². The van der Waals surface area contributed by atoms with Crippen LogP contribution in [0.25, 0.3) is 0 Å². The van der Waals surface area contributed by atoms with Crippen LogP contribution < -0.4 is 10.2 Å². The van der Waals surface area contributed by atoms with Crippen LogP contribution in [0.5, 0.6) is 0 Å². The van der Waals surface area contributed by atoms with Crippen LogP contribution in [0.15, 0.2) is 42.9 Å². The van der Waals surface area contributed by atoms with Crippen molar-refractivity contribution in [3.63, 3.8) is 0 Å². The Kier molecular flexibility index (Phi) is 10.1. The van der Waals surface area contributed by atoms with Crippen molar-refractivity contribution in [2.24, 2.45) is 0 Å². The highest BCUT2D eigenvalue weighted by molar-refractivity contribution is 5.86. The minimum Gasteiger partial charge on any atom is -0.391 e. The molecule has 216 valence electrons. The first-order valence-electron chi connectivity index (χ1n) is 13.4. The highest BCUT2D eigenvalue weighted by Gasteiger charge is 2.37. The maximum atomic E-state index is 13.5. The van der Waals surface area contributed by atoms with E-state index in [9.17, 15) is 18.4 Å². The number of aliphatic hydroxyl groups is 1. The van der Waals surface area contributed by atoms with Crippen molar-refractivity contribution in [1.82, 2.24) is 20.2 Å². The van der Waals surface area contributed by atoms with E-state index in [2.05, 4.69) is 48.2 Å². The Hall–Kier alpha value is -3.65. The van der Waals surface area contributed by atoms with Crippen LogP contribution in [0, 0.1) is 11.5 Å². The number of amides is 1. The Balaban J connectivity index is 0.000000371. The molecule has 1 aliphatic heterocycles. The molecule has 2 aromatic rings. The predicted molar refractivity (Wildman–Crippen MR) is 146 cm³/mol. The van der Waals surface area contributed by atoms with E-state index in [1.807, 2.05) is 30.3 Å². The Bertz CT molecular complexity index is 1160. The lowest BCUT2D eigenvalue weighted by Gasteiger charge is -2.33. The van der Waals surface area contributed by atoms with Gasteiger partial charge in [-0.1, -0.05) is 32.9 Å². The number of nitrogens with zero attached hydrogens (tertiary/aromatic N) is 5. The maximum absolute atomic E-state index is 13.5. The summed E-state index contributed by atoms with van der Waals surface area (Å²) in [5, 5.41) is 20.3. The minimum atomic E-state index is -2.63. The Morgan fingerprint density at radius 2 is 1.90 bits per heavy atom. The van der Waals surface area contributed by atoms with Crippen LogP contribution >= 0.6 is 0 Å². The van der Waals surface area contributed by atoms with Gasteiger partial charge < -0.3 is 20.1 Å². The fraction of sp³-hybridized carbons (Fsp3) is 0.552. The number of alkyl halides is 2. The molecule has 3 atom stereocenters. The van der Waals surface area contributed by atoms with Crippen molar-refractivity contribution in [2.45, 2.75) is 88.4 Å². The number of halogens is 2. The number of nitriles is 1. The monoisotopic (exact) mass is 556 g/mol. The fourth-order valence-electron chi connectivity index (χ4n) is 4.86. The standard InChI is InChI=1S/C23H30F2N4O.C6H8N2O2/c1-22(2,3)16-5-7-18(8-6-16)29(4)20(19-15-26-13-14-27-19)21(30)28-17-9-11-23(24,25)12-10-17;7-4-8-2-6(10)1-5(8)3-9/h5-8,13-15,17,20H,9-12H2,1-4H3,(H,28,30);3,5-6,10H,1-2H2. The second-order valence-electron chi connectivity index (χ2n) is 11.4. The maximum Gasteiger partial charge on any atom is 0.249 e. The number of likely N-dealkylation sites (tertiary alicyclic amines) is 1. The predicted octanol–water partition coefficient (Wildman–Crippen LogP) is 3.75. The zero-order valence-corrected chi connectivity index (χ0v) is 23.4. The number of carbonyl (C=O) groups excluding carboxylic acids is 2. The van der Waals surface area contributed by atoms with Crippen LogP contribution in [0.1, 0.15) is 70.2 Å². The molecule has 40 heavy (non-hydrogen) atoms. The first-order chi connectivity index (χ1) is 18.8. The third-order valence-corrected chi connectivity index (χ3v) is 7.31. The van der Waals surface area contributed by atoms with Crippen molar-refractivity contribution in [1.29, 1.82) is 5.26 Å². The molecule has 11 heteroatoms. The lowest BCUT2D eigenvalue weighted by molar-refractivity contribution is -0.124. The van der Waals surface area contributed by atoms with Crippen LogP contribution in [0.3, 0.4) is 0 Å². The van der Waals surface area contributed by atoms with Gasteiger partial charge in [-0.25, -0.2) is 8.78 Å². The molecule has 9 nitrogen and oxygen atoms in total. The van der Waals surface area contributed by atoms with Crippen LogP contribution in [-0.2, 0) is 15.0 Å². The summed E-state index contributed by atoms with van der Waals surface area (Å²) in [5.74, 6) is -2.88. The van der Waals surface area contributed by atoms with E-state index in [0.29, 0.717) is 24.9 Å². The lowest BCUT2D eigenvalue weighted by Crippen LogP contribution is -2.46. The first-order valence-corrected chi connectivity index (χ1v) is 13.4. The summed E-state index contributed by atoms with van der Waals surface area (Å²) in [6.07, 6.45) is 7.23. The quantitative estimate of drug-likeness (QED) is 0.408. The molecule has 4 rings (SSSR count). The van der Waals surface area contributed by atoms with E-state index in [1.165, 1.54) is 10.5 Å². The number of rotatable bonds is 6. The summed E-state index contributed by atoms with van der Waals surface area (Å²) >= 11 is 0. The third kappa shape index (κ3) is 8.18. The van der Waals surface area contributed by atoms with Crippen molar-refractivity contribution < 1.29 is 23.5 Å². The third-order valence-electron chi connectivity index (χ3n) is 7.31. The number of aromatic nitrogens is 2. The molecule has 3 unspecified atom stereocenters. The molecule has 1 aliphatic carbocycles. The number of β-amino-alcohol motifs (C(OH)–C–C–N with tert-alkyl or cyclic N) is 1. The highest BCUT2D eigenvalue weighted by Crippen LogP contribution is 2.34. The van der Waals surface area contributed by atoms with Gasteiger partial charge in [0, 0.05) is 50.4 Å². The van der Waals surface area contributed by atoms with Crippen molar-refractivity contribution in [3.05, 3.63) is 54.1 Å². The van der Waals surface area contributed by atoms with Crippen LogP contribution in [0.2, 0.25) is 0 Å². The topological polar surface area (TPSA) is 122 Å². The van der Waals surface area contributed by atoms with Crippen molar-refractivity contribution in [3.8, 4) is 6.19 Å². The second-order valence-corrected chi connectivity index (χ2v) is 11.4. The molecule has 0 radical (unpaired) electrons. The van der Waals surface area contributed by atoms with E-state index < -0.39 is 24.1 Å². The number of carbonyl (C=O) groups is 2. The van der Waals surface area contributed by atoms with Crippen molar-refractivity contribution in [2.75, 3.05) is 18.5 Å². The highest BCUT2D eigenvalue weighted by atomic mass is 19.3. The normalized spacial score (nSPS) is 21.4. The number of nitrogens with one attached hydrogen (secondary N) is 1. The minimum absolute atomic E-state index is 0.0296. The van der Waals surface area contributed by atoms with E-state index in [-0.39, 0.29) is 43.0 Å². The van der Waals surface area contributed by atoms with Crippen molar-refractivity contribution >= 4 is 17.9 Å². The molecule has 2 N–H and O–H groups in total. The molecule has 0 bridgehead atoms. The fourth-order valence-corrected chi connectivity index (χ4v) is 4.86. The molecular formula is C29H38F2N6O3. The summed E-state index contributed by atoms with van der Waals surface area (Å²) in [5.41, 5.74) is 2.60. The smallest absolute Gasteiger partial charge is 0.249 e. The van der Waals surface area contributed by atoms with Gasteiger partial charge in [0.25, 0.3) is 0 Å². The Morgan fingerprint density at radius 1 is 1.25 bits per heavy atom. The SMILES string of the molecule is CN(c1ccc(C(C)(C)C)cc1)C(C(=O)NC1CCC(F)(F)CC1)c1cnccn1.N#CN1CC(O)CC1C=O. The molecular weight excluding hydrogens is 518 g/mol. The summed E-state index contributed by atoms with van der Waals surface area (Å²) in [6.45, 7) is 6.74. The number of anilines is 1. The number of hydrogen-bond donors (Lipinski definition) is 2. The summed E-state index contributed by atoms with van der Waals surface area (Å²) in [7, 11) is 1.83. The number of hydrogen-bond acceptors (Lipinski definition) is 8. The molecule has 1 saturated heterocycles. The van der Waals surface area contributed by atoms with Crippen LogP contribution in [0.4, 0.5) is 14.5 Å². The van der Waals surface area contributed by atoms with Gasteiger partial charge in [0.2, 0.25) is 11.8 Å². The van der Waals surface area contributed by atoms with Crippen LogP contribution in [-0.4, -0.2) is 69.9 Å². The average Bonchev–Trinajstić information content (AvgIpc) is 3.30. The zero-order chi connectivity index (χ0) is 29.5. The number of aldehydes is 1. The van der Waals surface area contributed by atoms with Gasteiger partial charge in [-0.3, -0.25) is 19.7 Å². The Labute approximate surface area is 234 Å². The van der Waals surface area contributed by atoms with E-state index >= 15 is 0 Å². The molecule has 1 aromatic carbocycles. The second kappa shape index (κ2) is 13.1. The first kappa shape index (κ1) is 30.9. The molecule has 1 amide bonds. The number of aliphatic hydroxyl groups excluding tert-OH is 1. The lowest BCUT2D eigenvalue weighted by atomic mass is 9.87. The van der Waals surface area contributed by atoms with Gasteiger partial charge in [0.05, 0.1) is 30.6 Å². The van der Waals surface area contributed by atoms with Gasteiger partial charge in [0.1, 0.15) is 6.29 Å². The molecule has 1 saturated carbocycles. The van der Waals surface area contributed by atoms with Gasteiger partial charge in [-0.15, -0.1) is 0 Å². The van der Waals surface area contributed by atoms with Gasteiger partial charge in [-0.2, -0.15) is 5.26 Å². The molecule has 2 heterocycles. The zero-order valence-electron chi connectivity index (χ0n) is 23.4. The van der Waals surface area contributed by atoms with E-state index in [4.69, 9.17) is 10.4 Å². The molecule has 2 fully saturated rings. The number of likely N-dealkylation sites (N-methyl/N-ethyl adjacent to an activating group) is 1. The van der Waals surface area contributed by atoms with E-state index in [1.54, 1.807) is 18.6 Å². The Morgan fingerprint density at radius 3 is 2.40 bits per heavy atom. The average molecular weight is 557 g/mol. The number of benzene rings is 1. The molecule has 1 aromatic heterocycles. The molecule has 0 spiro atoms. The summed E-state index contributed by atoms with van der Waals surface area (Å²) in [4.78, 5) is 35.0. The van der Waals surface area contributed by atoms with Gasteiger partial charge >= 0.3 is 0 Å². The molecule has 2 aliphatic rings. The van der Waals surface area contributed by atoms with Gasteiger partial charge in [-0.05, 0) is 36.0 Å². The largest absolute Gasteiger partial charge is 0.391 e.